The first-order valence-corrected chi connectivity index (χ1v) is 4.67. The minimum absolute atomic E-state index is 0.0891. The second kappa shape index (κ2) is 3.66. The number of nitro benzene ring substituents is 1. The Morgan fingerprint density at radius 1 is 1.62 bits per heavy atom. The van der Waals surface area contributed by atoms with Gasteiger partial charge in [-0.2, -0.15) is 5.10 Å². The van der Waals surface area contributed by atoms with Crippen LogP contribution in [0.25, 0.3) is 10.9 Å². The van der Waals surface area contributed by atoms with E-state index in [9.17, 15) is 10.1 Å². The Balaban J connectivity index is 2.70. The number of hydrogen-bond donors (Lipinski definition) is 0. The Morgan fingerprint density at radius 2 is 2.38 bits per heavy atom. The highest BCUT2D eigenvalue weighted by molar-refractivity contribution is 5.82. The van der Waals surface area contributed by atoms with Crippen LogP contribution < -0.4 is 0 Å². The van der Waals surface area contributed by atoms with Crippen molar-refractivity contribution >= 4 is 16.6 Å². The van der Waals surface area contributed by atoms with E-state index in [-0.39, 0.29) is 5.69 Å². The fraction of sp³-hybridized carbons (Fsp3) is 0.182. The minimum atomic E-state index is -0.401. The molecule has 0 unspecified atom stereocenters. The van der Waals surface area contributed by atoms with Crippen molar-refractivity contribution in [3.63, 3.8) is 0 Å². The summed E-state index contributed by atoms with van der Waals surface area (Å²) in [5.74, 6) is 2.46. The molecule has 5 nitrogen and oxygen atoms in total. The van der Waals surface area contributed by atoms with E-state index in [1.165, 1.54) is 6.07 Å². The number of aryl methyl sites for hydroxylation is 1. The molecule has 0 aliphatic rings. The van der Waals surface area contributed by atoms with Gasteiger partial charge in [0.1, 0.15) is 6.54 Å². The Bertz CT molecular complexity index is 607. The van der Waals surface area contributed by atoms with Crippen LogP contribution in [-0.2, 0) is 6.54 Å². The maximum absolute atomic E-state index is 10.8. The summed E-state index contributed by atoms with van der Waals surface area (Å²) in [6.45, 7) is 2.01. The summed E-state index contributed by atoms with van der Waals surface area (Å²) in [5.41, 5.74) is 1.40. The van der Waals surface area contributed by atoms with E-state index in [0.717, 1.165) is 5.39 Å². The lowest BCUT2D eigenvalue weighted by Gasteiger charge is -2.00. The molecule has 0 saturated carbocycles. The van der Waals surface area contributed by atoms with Crippen molar-refractivity contribution in [1.29, 1.82) is 0 Å². The summed E-state index contributed by atoms with van der Waals surface area (Å²) in [4.78, 5) is 10.4. The van der Waals surface area contributed by atoms with Crippen LogP contribution in [0.3, 0.4) is 0 Å². The van der Waals surface area contributed by atoms with Crippen LogP contribution in [0.1, 0.15) is 5.56 Å². The Morgan fingerprint density at radius 3 is 3.00 bits per heavy atom. The summed E-state index contributed by atoms with van der Waals surface area (Å²) < 4.78 is 1.57. The molecule has 0 bridgehead atoms. The molecule has 0 spiro atoms. The van der Waals surface area contributed by atoms with Gasteiger partial charge in [0, 0.05) is 17.0 Å². The van der Waals surface area contributed by atoms with Crippen molar-refractivity contribution in [3.8, 4) is 12.3 Å². The van der Waals surface area contributed by atoms with Crippen LogP contribution in [0.15, 0.2) is 18.3 Å². The van der Waals surface area contributed by atoms with Crippen molar-refractivity contribution in [1.82, 2.24) is 9.78 Å². The van der Waals surface area contributed by atoms with E-state index in [1.54, 1.807) is 23.9 Å². The highest BCUT2D eigenvalue weighted by Gasteiger charge is 2.13. The molecule has 1 aromatic heterocycles. The predicted molar refractivity (Wildman–Crippen MR) is 60.0 cm³/mol. The lowest BCUT2D eigenvalue weighted by molar-refractivity contribution is -0.385. The molecule has 2 aromatic rings. The van der Waals surface area contributed by atoms with Crippen molar-refractivity contribution < 1.29 is 4.92 Å². The quantitative estimate of drug-likeness (QED) is 0.436. The van der Waals surface area contributed by atoms with Gasteiger partial charge in [0.05, 0.1) is 16.6 Å². The van der Waals surface area contributed by atoms with Crippen LogP contribution in [0, 0.1) is 29.4 Å². The van der Waals surface area contributed by atoms with Crippen molar-refractivity contribution in [2.75, 3.05) is 0 Å². The van der Waals surface area contributed by atoms with Gasteiger partial charge in [-0.3, -0.25) is 14.8 Å². The van der Waals surface area contributed by atoms with Crippen LogP contribution in [0.5, 0.6) is 0 Å². The van der Waals surface area contributed by atoms with E-state index >= 15 is 0 Å². The molecular formula is C11H9N3O2. The highest BCUT2D eigenvalue weighted by atomic mass is 16.6. The van der Waals surface area contributed by atoms with E-state index in [1.807, 2.05) is 0 Å². The monoisotopic (exact) mass is 215 g/mol. The zero-order valence-corrected chi connectivity index (χ0v) is 8.67. The molecule has 80 valence electrons. The zero-order valence-electron chi connectivity index (χ0n) is 8.67. The number of rotatable bonds is 2. The molecule has 0 aliphatic heterocycles. The first kappa shape index (κ1) is 10.2. The second-order valence-corrected chi connectivity index (χ2v) is 3.46. The van der Waals surface area contributed by atoms with Gasteiger partial charge in [-0.15, -0.1) is 6.42 Å². The number of aromatic nitrogens is 2. The van der Waals surface area contributed by atoms with Crippen LogP contribution in [0.4, 0.5) is 5.69 Å². The van der Waals surface area contributed by atoms with Crippen molar-refractivity contribution in [2.45, 2.75) is 13.5 Å². The van der Waals surface area contributed by atoms with Crippen LogP contribution >= 0.6 is 0 Å². The molecule has 16 heavy (non-hydrogen) atoms. The van der Waals surface area contributed by atoms with Gasteiger partial charge >= 0.3 is 0 Å². The van der Waals surface area contributed by atoms with Crippen LogP contribution in [-0.4, -0.2) is 14.7 Å². The Kier molecular flexibility index (Phi) is 2.33. The normalized spacial score (nSPS) is 10.2. The Labute approximate surface area is 91.8 Å². The van der Waals surface area contributed by atoms with Gasteiger partial charge in [-0.05, 0) is 13.0 Å². The SMILES string of the molecule is C#CCn1ncc2cc(C)c([N+](=O)[O-])cc21. The van der Waals surface area contributed by atoms with Gasteiger partial charge in [0.15, 0.2) is 0 Å². The summed E-state index contributed by atoms with van der Waals surface area (Å²) in [6.07, 6.45) is 6.85. The van der Waals surface area contributed by atoms with Crippen molar-refractivity contribution in [2.24, 2.45) is 0 Å². The predicted octanol–water partition coefficient (Wildman–Crippen LogP) is 1.89. The average Bonchev–Trinajstić information content (AvgIpc) is 2.60. The van der Waals surface area contributed by atoms with Gasteiger partial charge in [0.25, 0.3) is 5.69 Å². The molecular weight excluding hydrogens is 206 g/mol. The maximum Gasteiger partial charge on any atom is 0.274 e. The molecule has 0 saturated heterocycles. The molecule has 0 fully saturated rings. The fourth-order valence-corrected chi connectivity index (χ4v) is 1.64. The number of nitrogens with zero attached hydrogens (tertiary/aromatic N) is 3. The largest absolute Gasteiger partial charge is 0.274 e. The first-order valence-electron chi connectivity index (χ1n) is 4.67. The molecule has 0 radical (unpaired) electrons. The summed E-state index contributed by atoms with van der Waals surface area (Å²) in [5, 5.41) is 15.7. The third kappa shape index (κ3) is 1.50. The topological polar surface area (TPSA) is 61.0 Å². The molecule has 1 aromatic carbocycles. The molecule has 2 rings (SSSR count). The van der Waals surface area contributed by atoms with Crippen LogP contribution in [0.2, 0.25) is 0 Å². The van der Waals surface area contributed by atoms with E-state index in [4.69, 9.17) is 6.42 Å². The zero-order chi connectivity index (χ0) is 11.7. The number of benzene rings is 1. The first-order chi connectivity index (χ1) is 7.63. The number of hydrogen-bond acceptors (Lipinski definition) is 3. The minimum Gasteiger partial charge on any atom is -0.258 e. The third-order valence-corrected chi connectivity index (χ3v) is 2.40. The molecule has 0 N–H and O–H groups in total. The standard InChI is InChI=1S/C11H9N3O2/c1-3-4-13-11-6-10(14(15)16)8(2)5-9(11)7-12-13/h1,5-7H,4H2,2H3. The number of terminal acetylenes is 1. The van der Waals surface area contributed by atoms with Gasteiger partial charge in [-0.1, -0.05) is 5.92 Å². The molecule has 0 amide bonds. The summed E-state index contributed by atoms with van der Waals surface area (Å²) in [7, 11) is 0. The molecule has 5 heteroatoms. The smallest absolute Gasteiger partial charge is 0.258 e. The second-order valence-electron chi connectivity index (χ2n) is 3.46. The molecule has 1 heterocycles. The highest BCUT2D eigenvalue weighted by Crippen LogP contribution is 2.24. The van der Waals surface area contributed by atoms with Gasteiger partial charge in [0.2, 0.25) is 0 Å². The summed E-state index contributed by atoms with van der Waals surface area (Å²) in [6, 6.07) is 3.25. The third-order valence-electron chi connectivity index (χ3n) is 2.40. The van der Waals surface area contributed by atoms with E-state index < -0.39 is 4.92 Å². The summed E-state index contributed by atoms with van der Waals surface area (Å²) >= 11 is 0. The number of fused-ring (bicyclic) bond motifs is 1. The van der Waals surface area contributed by atoms with E-state index in [2.05, 4.69) is 11.0 Å². The lowest BCUT2D eigenvalue weighted by atomic mass is 10.1. The van der Waals surface area contributed by atoms with E-state index in [0.29, 0.717) is 17.6 Å². The van der Waals surface area contributed by atoms with Gasteiger partial charge in [-0.25, -0.2) is 0 Å². The number of nitro groups is 1. The lowest BCUT2D eigenvalue weighted by Crippen LogP contribution is -1.98. The fourth-order valence-electron chi connectivity index (χ4n) is 1.64. The average molecular weight is 215 g/mol. The van der Waals surface area contributed by atoms with Gasteiger partial charge < -0.3 is 0 Å². The molecule has 0 aliphatic carbocycles. The maximum atomic E-state index is 10.8. The van der Waals surface area contributed by atoms with Crippen molar-refractivity contribution in [3.05, 3.63) is 34.0 Å². The Hall–Kier alpha value is -2.35. The molecule has 0 atom stereocenters.